The van der Waals surface area contributed by atoms with E-state index in [4.69, 9.17) is 5.73 Å². The Labute approximate surface area is 186 Å². The molecule has 4 rings (SSSR count). The summed E-state index contributed by atoms with van der Waals surface area (Å²) < 4.78 is 0. The summed E-state index contributed by atoms with van der Waals surface area (Å²) in [7, 11) is 0. The van der Waals surface area contributed by atoms with Gasteiger partial charge >= 0.3 is 6.03 Å². The minimum absolute atomic E-state index is 0.0877. The predicted octanol–water partition coefficient (Wildman–Crippen LogP) is 3.31. The number of nitrogens with zero attached hydrogens (tertiary/aromatic N) is 2. The first-order chi connectivity index (χ1) is 15.5. The molecule has 2 aromatic carbocycles. The van der Waals surface area contributed by atoms with Gasteiger partial charge in [0.25, 0.3) is 5.56 Å². The Morgan fingerprint density at radius 1 is 1.12 bits per heavy atom. The normalized spacial score (nSPS) is 14.8. The molecule has 8 nitrogen and oxygen atoms in total. The molecular formula is C24H28N6O2. The Kier molecular flexibility index (Phi) is 6.63. The van der Waals surface area contributed by atoms with Crippen molar-refractivity contribution in [3.05, 3.63) is 76.2 Å². The second-order valence-electron chi connectivity index (χ2n) is 8.17. The second-order valence-corrected chi connectivity index (χ2v) is 8.17. The summed E-state index contributed by atoms with van der Waals surface area (Å²) >= 11 is 0. The highest BCUT2D eigenvalue weighted by Gasteiger charge is 2.16. The number of aromatic nitrogens is 2. The number of carbonyl (C=O) groups excluding carboxylic acids is 1. The quantitative estimate of drug-likeness (QED) is 0.494. The molecule has 0 spiro atoms. The van der Waals surface area contributed by atoms with E-state index in [-0.39, 0.29) is 5.95 Å². The van der Waals surface area contributed by atoms with E-state index in [1.54, 1.807) is 12.3 Å². The first kappa shape index (κ1) is 21.7. The van der Waals surface area contributed by atoms with Gasteiger partial charge < -0.3 is 16.0 Å². The Morgan fingerprint density at radius 2 is 1.84 bits per heavy atom. The van der Waals surface area contributed by atoms with Crippen LogP contribution in [0.15, 0.2) is 59.5 Å². The molecule has 0 bridgehead atoms. The number of hydrogen-bond donors (Lipinski definition) is 4. The lowest BCUT2D eigenvalue weighted by atomic mass is 10.0. The van der Waals surface area contributed by atoms with E-state index in [9.17, 15) is 9.59 Å². The lowest BCUT2D eigenvalue weighted by Crippen LogP contribution is -2.39. The van der Waals surface area contributed by atoms with Gasteiger partial charge in [-0.05, 0) is 55.6 Å². The monoisotopic (exact) mass is 432 g/mol. The molecule has 2 heterocycles. The number of hydrogen-bond acceptors (Lipinski definition) is 5. The molecule has 0 saturated carbocycles. The van der Waals surface area contributed by atoms with Gasteiger partial charge in [-0.2, -0.15) is 4.98 Å². The zero-order chi connectivity index (χ0) is 22.5. The van der Waals surface area contributed by atoms with Gasteiger partial charge in [-0.3, -0.25) is 15.0 Å². The topological polar surface area (TPSA) is 116 Å². The van der Waals surface area contributed by atoms with Crippen LogP contribution in [0.4, 0.5) is 16.4 Å². The number of anilines is 2. The molecule has 3 aromatic rings. The molecule has 166 valence electrons. The van der Waals surface area contributed by atoms with E-state index in [0.29, 0.717) is 17.3 Å². The Bertz CT molecular complexity index is 1130. The van der Waals surface area contributed by atoms with Gasteiger partial charge in [0.2, 0.25) is 5.95 Å². The lowest BCUT2D eigenvalue weighted by Gasteiger charge is -2.30. The number of para-hydroxylation sites is 1. The van der Waals surface area contributed by atoms with Crippen LogP contribution in [0.3, 0.4) is 0 Å². The minimum Gasteiger partial charge on any atom is -0.331 e. The van der Waals surface area contributed by atoms with Crippen LogP contribution in [0.25, 0.3) is 11.1 Å². The lowest BCUT2D eigenvalue weighted by molar-refractivity contribution is 0.205. The highest BCUT2D eigenvalue weighted by atomic mass is 16.2. The van der Waals surface area contributed by atoms with E-state index < -0.39 is 11.6 Å². The summed E-state index contributed by atoms with van der Waals surface area (Å²) in [4.78, 5) is 34.0. The van der Waals surface area contributed by atoms with Crippen LogP contribution in [0.2, 0.25) is 0 Å². The summed E-state index contributed by atoms with van der Waals surface area (Å²) in [5.41, 5.74) is 9.61. The predicted molar refractivity (Wildman–Crippen MR) is 127 cm³/mol. The third kappa shape index (κ3) is 5.40. The fraction of sp³-hybridized carbons (Fsp3) is 0.292. The van der Waals surface area contributed by atoms with Crippen LogP contribution in [-0.2, 0) is 6.54 Å². The van der Waals surface area contributed by atoms with Crippen LogP contribution in [0.5, 0.6) is 0 Å². The van der Waals surface area contributed by atoms with Gasteiger partial charge in [-0.15, -0.1) is 0 Å². The summed E-state index contributed by atoms with van der Waals surface area (Å²) in [5.74, 6) is 0.0877. The highest BCUT2D eigenvalue weighted by Crippen LogP contribution is 2.18. The molecule has 5 N–H and O–H groups in total. The van der Waals surface area contributed by atoms with Gasteiger partial charge in [0.05, 0.1) is 5.56 Å². The van der Waals surface area contributed by atoms with Gasteiger partial charge in [0, 0.05) is 24.5 Å². The fourth-order valence-electron chi connectivity index (χ4n) is 3.80. The Morgan fingerprint density at radius 3 is 2.53 bits per heavy atom. The molecule has 1 aliphatic rings. The molecule has 0 unspecified atom stereocenters. The maximum Gasteiger partial charge on any atom is 0.326 e. The van der Waals surface area contributed by atoms with E-state index in [1.807, 2.05) is 49.4 Å². The number of likely N-dealkylation sites (tertiary alicyclic amines) is 1. The van der Waals surface area contributed by atoms with Crippen molar-refractivity contribution in [2.45, 2.75) is 32.4 Å². The summed E-state index contributed by atoms with van der Waals surface area (Å²) in [6, 6.07) is 15.2. The number of benzene rings is 2. The van der Waals surface area contributed by atoms with Crippen LogP contribution in [0.1, 0.15) is 24.0 Å². The second kappa shape index (κ2) is 9.76. The maximum atomic E-state index is 12.5. The number of nitrogens with one attached hydrogen (secondary N) is 3. The molecule has 0 radical (unpaired) electrons. The number of aryl methyl sites for hydroxylation is 1. The molecule has 2 amide bonds. The molecule has 0 atom stereocenters. The van der Waals surface area contributed by atoms with Gasteiger partial charge in [-0.1, -0.05) is 42.5 Å². The third-order valence-electron chi connectivity index (χ3n) is 5.73. The minimum atomic E-state index is -0.474. The third-order valence-corrected chi connectivity index (χ3v) is 5.73. The summed E-state index contributed by atoms with van der Waals surface area (Å²) in [6.07, 6.45) is 3.63. The van der Waals surface area contributed by atoms with Crippen LogP contribution in [0, 0.1) is 6.92 Å². The summed E-state index contributed by atoms with van der Waals surface area (Å²) in [6.45, 7) is 4.80. The highest BCUT2D eigenvalue weighted by molar-refractivity contribution is 5.99. The number of aromatic amines is 1. The number of rotatable bonds is 5. The summed E-state index contributed by atoms with van der Waals surface area (Å²) in [5, 5.41) is 5.31. The Balaban J connectivity index is 1.39. The first-order valence-electron chi connectivity index (χ1n) is 10.8. The standard InChI is InChI=1S/C24H28N6O2/c1-16-4-2-3-5-21(16)27-24(32)29-23-26-14-20(22(31)28-23)18-8-6-17(7-9-18)15-30-12-10-19(25)11-13-30/h2-9,14,19H,10-13,15,25H2,1H3,(H3,26,27,28,29,31,32). The van der Waals surface area contributed by atoms with Crippen molar-refractivity contribution >= 4 is 17.7 Å². The van der Waals surface area contributed by atoms with Crippen molar-refractivity contribution in [1.29, 1.82) is 0 Å². The fourth-order valence-corrected chi connectivity index (χ4v) is 3.80. The van der Waals surface area contributed by atoms with Crippen molar-refractivity contribution in [3.63, 3.8) is 0 Å². The van der Waals surface area contributed by atoms with E-state index in [2.05, 4.69) is 25.5 Å². The molecular weight excluding hydrogens is 404 g/mol. The zero-order valence-electron chi connectivity index (χ0n) is 18.1. The number of amides is 2. The molecule has 0 aliphatic carbocycles. The largest absolute Gasteiger partial charge is 0.331 e. The number of nitrogens with two attached hydrogens (primary N) is 1. The number of piperidine rings is 1. The number of urea groups is 1. The average molecular weight is 433 g/mol. The van der Waals surface area contributed by atoms with Crippen molar-refractivity contribution in [2.24, 2.45) is 5.73 Å². The van der Waals surface area contributed by atoms with Crippen molar-refractivity contribution < 1.29 is 4.79 Å². The zero-order valence-corrected chi connectivity index (χ0v) is 18.1. The SMILES string of the molecule is Cc1ccccc1NC(=O)Nc1nc(=O)c(-c2ccc(CN3CCC(N)CC3)cc2)c[nH]1. The number of carbonyl (C=O) groups is 1. The number of H-pyrrole nitrogens is 1. The van der Waals surface area contributed by atoms with Crippen molar-refractivity contribution in [3.8, 4) is 11.1 Å². The van der Waals surface area contributed by atoms with Gasteiger partial charge in [0.1, 0.15) is 0 Å². The maximum absolute atomic E-state index is 12.5. The van der Waals surface area contributed by atoms with Crippen LogP contribution < -0.4 is 21.9 Å². The molecule has 1 fully saturated rings. The van der Waals surface area contributed by atoms with Crippen LogP contribution >= 0.6 is 0 Å². The first-order valence-corrected chi connectivity index (χ1v) is 10.8. The molecule has 8 heteroatoms. The van der Waals surface area contributed by atoms with E-state index >= 15 is 0 Å². The Hall–Kier alpha value is -3.49. The smallest absolute Gasteiger partial charge is 0.326 e. The van der Waals surface area contributed by atoms with Gasteiger partial charge in [-0.25, -0.2) is 4.79 Å². The van der Waals surface area contributed by atoms with Crippen molar-refractivity contribution in [2.75, 3.05) is 23.7 Å². The van der Waals surface area contributed by atoms with E-state index in [0.717, 1.165) is 43.6 Å². The van der Waals surface area contributed by atoms with E-state index in [1.165, 1.54) is 5.56 Å². The molecule has 1 saturated heterocycles. The molecule has 1 aliphatic heterocycles. The van der Waals surface area contributed by atoms with Crippen LogP contribution in [-0.4, -0.2) is 40.0 Å². The average Bonchev–Trinajstić information content (AvgIpc) is 2.78. The molecule has 32 heavy (non-hydrogen) atoms. The van der Waals surface area contributed by atoms with Crippen molar-refractivity contribution in [1.82, 2.24) is 14.9 Å². The van der Waals surface area contributed by atoms with Gasteiger partial charge in [0.15, 0.2) is 0 Å². The molecule has 1 aromatic heterocycles.